The van der Waals surface area contributed by atoms with Gasteiger partial charge in [-0.05, 0) is 13.8 Å². The molecule has 4 nitrogen and oxygen atoms in total. The standard InChI is InChI=1S/C12H18N4S/c1-5-7-14-12(13-6-2)16(4)8-11-9-17-10(3)15-11/h1,9H,6-8H2,2-4H3,(H,13,14). The number of guanidine groups is 1. The van der Waals surface area contributed by atoms with Gasteiger partial charge >= 0.3 is 0 Å². The summed E-state index contributed by atoms with van der Waals surface area (Å²) < 4.78 is 0. The molecule has 0 saturated heterocycles. The zero-order chi connectivity index (χ0) is 12.7. The molecule has 0 atom stereocenters. The van der Waals surface area contributed by atoms with Gasteiger partial charge in [-0.3, -0.25) is 0 Å². The van der Waals surface area contributed by atoms with E-state index in [4.69, 9.17) is 6.42 Å². The fourth-order valence-corrected chi connectivity index (χ4v) is 1.99. The second-order valence-electron chi connectivity index (χ2n) is 3.59. The van der Waals surface area contributed by atoms with Crippen LogP contribution in [-0.4, -0.2) is 36.0 Å². The lowest BCUT2D eigenvalue weighted by Crippen LogP contribution is -2.38. The molecule has 1 heterocycles. The van der Waals surface area contributed by atoms with E-state index in [-0.39, 0.29) is 0 Å². The van der Waals surface area contributed by atoms with Crippen molar-refractivity contribution in [1.82, 2.24) is 15.2 Å². The molecule has 0 amide bonds. The first kappa shape index (κ1) is 13.5. The molecule has 0 aliphatic rings. The van der Waals surface area contributed by atoms with Gasteiger partial charge < -0.3 is 10.2 Å². The molecule has 0 spiro atoms. The smallest absolute Gasteiger partial charge is 0.194 e. The first-order valence-electron chi connectivity index (χ1n) is 5.51. The lowest BCUT2D eigenvalue weighted by atomic mass is 10.4. The second-order valence-corrected chi connectivity index (χ2v) is 4.65. The fraction of sp³-hybridized carbons (Fsp3) is 0.500. The summed E-state index contributed by atoms with van der Waals surface area (Å²) in [6.07, 6.45) is 5.21. The first-order chi connectivity index (χ1) is 8.17. The number of aryl methyl sites for hydroxylation is 1. The van der Waals surface area contributed by atoms with Crippen molar-refractivity contribution in [2.24, 2.45) is 4.99 Å². The number of terminal acetylenes is 1. The Labute approximate surface area is 107 Å². The molecule has 1 aromatic rings. The van der Waals surface area contributed by atoms with Crippen molar-refractivity contribution in [1.29, 1.82) is 0 Å². The molecule has 92 valence electrons. The van der Waals surface area contributed by atoms with E-state index in [1.54, 1.807) is 11.3 Å². The summed E-state index contributed by atoms with van der Waals surface area (Å²) in [7, 11) is 1.98. The van der Waals surface area contributed by atoms with Gasteiger partial charge in [0.05, 0.1) is 17.2 Å². The van der Waals surface area contributed by atoms with Gasteiger partial charge in [0, 0.05) is 19.0 Å². The minimum atomic E-state index is 0.392. The van der Waals surface area contributed by atoms with E-state index < -0.39 is 0 Å². The summed E-state index contributed by atoms with van der Waals surface area (Å²) in [5.41, 5.74) is 1.06. The predicted octanol–water partition coefficient (Wildman–Crippen LogP) is 1.48. The van der Waals surface area contributed by atoms with Gasteiger partial charge in [-0.1, -0.05) is 5.92 Å². The van der Waals surface area contributed by atoms with Crippen LogP contribution < -0.4 is 5.32 Å². The Morgan fingerprint density at radius 3 is 3.00 bits per heavy atom. The third kappa shape index (κ3) is 4.45. The normalized spacial score (nSPS) is 11.1. The molecule has 0 radical (unpaired) electrons. The third-order valence-corrected chi connectivity index (χ3v) is 2.90. The maximum Gasteiger partial charge on any atom is 0.194 e. The van der Waals surface area contributed by atoms with Gasteiger partial charge in [-0.15, -0.1) is 17.8 Å². The van der Waals surface area contributed by atoms with E-state index in [0.717, 1.165) is 29.8 Å². The number of rotatable bonds is 4. The van der Waals surface area contributed by atoms with Crippen LogP contribution >= 0.6 is 11.3 Å². The molecule has 0 unspecified atom stereocenters. The van der Waals surface area contributed by atoms with Crippen molar-refractivity contribution in [2.75, 3.05) is 20.1 Å². The molecular weight excluding hydrogens is 232 g/mol. The van der Waals surface area contributed by atoms with Crippen molar-refractivity contribution >= 4 is 17.3 Å². The Balaban J connectivity index is 2.65. The van der Waals surface area contributed by atoms with Crippen LogP contribution in [0.3, 0.4) is 0 Å². The van der Waals surface area contributed by atoms with Crippen molar-refractivity contribution in [3.63, 3.8) is 0 Å². The minimum Gasteiger partial charge on any atom is -0.356 e. The monoisotopic (exact) mass is 250 g/mol. The number of nitrogens with one attached hydrogen (secondary N) is 1. The molecule has 0 aliphatic heterocycles. The number of aliphatic imine (C=N–C) groups is 1. The van der Waals surface area contributed by atoms with Crippen LogP contribution in [0.4, 0.5) is 0 Å². The zero-order valence-corrected chi connectivity index (χ0v) is 11.3. The highest BCUT2D eigenvalue weighted by molar-refractivity contribution is 7.09. The molecule has 1 rings (SSSR count). The molecular formula is C12H18N4S. The predicted molar refractivity (Wildman–Crippen MR) is 73.1 cm³/mol. The second kappa shape index (κ2) is 6.92. The summed E-state index contributed by atoms with van der Waals surface area (Å²) in [6, 6.07) is 0. The minimum absolute atomic E-state index is 0.392. The Bertz CT molecular complexity index is 416. The summed E-state index contributed by atoms with van der Waals surface area (Å²) in [5.74, 6) is 3.33. The van der Waals surface area contributed by atoms with E-state index in [0.29, 0.717) is 6.54 Å². The van der Waals surface area contributed by atoms with Crippen molar-refractivity contribution < 1.29 is 0 Å². The molecule has 0 aromatic carbocycles. The van der Waals surface area contributed by atoms with Crippen molar-refractivity contribution in [2.45, 2.75) is 20.4 Å². The van der Waals surface area contributed by atoms with Crippen LogP contribution in [0.2, 0.25) is 0 Å². The lowest BCUT2D eigenvalue weighted by Gasteiger charge is -2.20. The molecule has 17 heavy (non-hydrogen) atoms. The Morgan fingerprint density at radius 1 is 1.71 bits per heavy atom. The Hall–Kier alpha value is -1.54. The quantitative estimate of drug-likeness (QED) is 0.500. The third-order valence-electron chi connectivity index (χ3n) is 2.08. The molecule has 0 aliphatic carbocycles. The van der Waals surface area contributed by atoms with Gasteiger partial charge in [0.2, 0.25) is 0 Å². The van der Waals surface area contributed by atoms with Crippen LogP contribution in [-0.2, 0) is 6.54 Å². The van der Waals surface area contributed by atoms with Crippen molar-refractivity contribution in [3.05, 3.63) is 16.1 Å². The SMILES string of the molecule is C#CCN=C(NCC)N(C)Cc1csc(C)n1. The van der Waals surface area contributed by atoms with Gasteiger partial charge in [0.25, 0.3) is 0 Å². The first-order valence-corrected chi connectivity index (χ1v) is 6.39. The average Bonchev–Trinajstić information content (AvgIpc) is 2.70. The number of nitrogens with zero attached hydrogens (tertiary/aromatic N) is 3. The topological polar surface area (TPSA) is 40.5 Å². The highest BCUT2D eigenvalue weighted by atomic mass is 32.1. The molecule has 5 heteroatoms. The lowest BCUT2D eigenvalue weighted by molar-refractivity contribution is 0.472. The van der Waals surface area contributed by atoms with E-state index >= 15 is 0 Å². The average molecular weight is 250 g/mol. The van der Waals surface area contributed by atoms with Crippen LogP contribution in [0.15, 0.2) is 10.4 Å². The maximum atomic E-state index is 5.21. The van der Waals surface area contributed by atoms with Gasteiger partial charge in [-0.25, -0.2) is 9.98 Å². The van der Waals surface area contributed by atoms with Crippen LogP contribution in [0.5, 0.6) is 0 Å². The molecule has 1 aromatic heterocycles. The molecule has 1 N–H and O–H groups in total. The zero-order valence-electron chi connectivity index (χ0n) is 10.5. The largest absolute Gasteiger partial charge is 0.356 e. The number of thiazole rings is 1. The Kier molecular flexibility index (Phi) is 5.50. The number of hydrogen-bond donors (Lipinski definition) is 1. The molecule has 0 fully saturated rings. The maximum absolute atomic E-state index is 5.21. The van der Waals surface area contributed by atoms with E-state index in [2.05, 4.69) is 26.6 Å². The van der Waals surface area contributed by atoms with Gasteiger partial charge in [0.1, 0.15) is 6.54 Å². The highest BCUT2D eigenvalue weighted by Crippen LogP contribution is 2.09. The summed E-state index contributed by atoms with van der Waals surface area (Å²) in [5, 5.41) is 6.35. The van der Waals surface area contributed by atoms with Crippen LogP contribution in [0.1, 0.15) is 17.6 Å². The van der Waals surface area contributed by atoms with E-state index in [1.165, 1.54) is 0 Å². The Morgan fingerprint density at radius 2 is 2.47 bits per heavy atom. The van der Waals surface area contributed by atoms with Gasteiger partial charge in [0.15, 0.2) is 5.96 Å². The highest BCUT2D eigenvalue weighted by Gasteiger charge is 2.07. The van der Waals surface area contributed by atoms with E-state index in [1.807, 2.05) is 25.8 Å². The summed E-state index contributed by atoms with van der Waals surface area (Å²) >= 11 is 1.66. The number of hydrogen-bond acceptors (Lipinski definition) is 3. The fourth-order valence-electron chi connectivity index (χ4n) is 1.39. The van der Waals surface area contributed by atoms with Gasteiger partial charge in [-0.2, -0.15) is 0 Å². The number of aromatic nitrogens is 1. The molecule has 0 saturated carbocycles. The van der Waals surface area contributed by atoms with E-state index in [9.17, 15) is 0 Å². The summed E-state index contributed by atoms with van der Waals surface area (Å²) in [4.78, 5) is 10.8. The summed E-state index contributed by atoms with van der Waals surface area (Å²) in [6.45, 7) is 5.99. The van der Waals surface area contributed by atoms with Crippen LogP contribution in [0.25, 0.3) is 0 Å². The van der Waals surface area contributed by atoms with Crippen molar-refractivity contribution in [3.8, 4) is 12.3 Å². The molecule has 0 bridgehead atoms. The van der Waals surface area contributed by atoms with Crippen LogP contribution in [0, 0.1) is 19.3 Å².